The van der Waals surface area contributed by atoms with Gasteiger partial charge in [0.1, 0.15) is 18.2 Å². The Morgan fingerprint density at radius 3 is 2.83 bits per heavy atom. The number of aliphatic hydroxyl groups excluding tert-OH is 1. The molecular weight excluding hydrogens is 326 g/mol. The summed E-state index contributed by atoms with van der Waals surface area (Å²) in [6, 6.07) is 1.89. The Labute approximate surface area is 144 Å². The number of hydrogen-bond donors (Lipinski definition) is 2. The zero-order valence-corrected chi connectivity index (χ0v) is 14.9. The molecule has 1 atom stereocenters. The average molecular weight is 347 g/mol. The van der Waals surface area contributed by atoms with Gasteiger partial charge in [0.25, 0.3) is 0 Å². The first-order valence-electron chi connectivity index (χ1n) is 7.91. The Balaban J connectivity index is 1.78. The molecule has 0 radical (unpaired) electrons. The van der Waals surface area contributed by atoms with Gasteiger partial charge in [0, 0.05) is 35.6 Å². The molecule has 1 amide bonds. The van der Waals surface area contributed by atoms with Gasteiger partial charge in [0.15, 0.2) is 5.13 Å². The predicted molar refractivity (Wildman–Crippen MR) is 92.7 cm³/mol. The van der Waals surface area contributed by atoms with E-state index in [1.54, 1.807) is 16.2 Å². The van der Waals surface area contributed by atoms with Crippen LogP contribution in [0.15, 0.2) is 6.07 Å². The first kappa shape index (κ1) is 16.8. The maximum absolute atomic E-state index is 11.6. The molecule has 0 saturated carbocycles. The summed E-state index contributed by atoms with van der Waals surface area (Å²) in [5, 5.41) is 13.1. The number of thiazole rings is 1. The number of aliphatic hydroxyl groups is 1. The van der Waals surface area contributed by atoms with Gasteiger partial charge in [0.05, 0.1) is 5.69 Å². The molecule has 0 aliphatic carbocycles. The number of rotatable bonds is 4. The third kappa shape index (κ3) is 3.54. The highest BCUT2D eigenvalue weighted by Gasteiger charge is 2.29. The van der Waals surface area contributed by atoms with Crippen molar-refractivity contribution in [3.05, 3.63) is 28.2 Å². The molecule has 1 aliphatic rings. The van der Waals surface area contributed by atoms with Crippen LogP contribution >= 0.6 is 11.3 Å². The van der Waals surface area contributed by atoms with Crippen molar-refractivity contribution < 1.29 is 9.90 Å². The van der Waals surface area contributed by atoms with Crippen LogP contribution in [0.1, 0.15) is 34.4 Å². The molecule has 2 N–H and O–H groups in total. The standard InChI is InChI=1S/C16H21N5O2S/c1-9-6-13(20-16-18-10(2)11(3)24-16)19-15(17-9)12-4-5-21(7-12)14(23)8-22/h6,12,22H,4-5,7-8H2,1-3H3,(H,17,18,19,20). The lowest BCUT2D eigenvalue weighted by Crippen LogP contribution is -2.30. The smallest absolute Gasteiger partial charge is 0.248 e. The molecule has 2 aromatic heterocycles. The van der Waals surface area contributed by atoms with Crippen molar-refractivity contribution in [3.8, 4) is 0 Å². The monoisotopic (exact) mass is 347 g/mol. The van der Waals surface area contributed by atoms with Gasteiger partial charge in [0.2, 0.25) is 5.91 Å². The number of likely N-dealkylation sites (tertiary alicyclic amines) is 1. The number of aryl methyl sites for hydroxylation is 3. The molecule has 1 aliphatic heterocycles. The maximum atomic E-state index is 11.6. The largest absolute Gasteiger partial charge is 0.387 e. The van der Waals surface area contributed by atoms with E-state index in [1.807, 2.05) is 26.8 Å². The highest BCUT2D eigenvalue weighted by molar-refractivity contribution is 7.15. The minimum atomic E-state index is -0.447. The van der Waals surface area contributed by atoms with E-state index in [-0.39, 0.29) is 11.8 Å². The molecular formula is C16H21N5O2S. The highest BCUT2D eigenvalue weighted by atomic mass is 32.1. The Bertz CT molecular complexity index is 741. The van der Waals surface area contributed by atoms with Gasteiger partial charge >= 0.3 is 0 Å². The number of nitrogens with zero attached hydrogens (tertiary/aromatic N) is 4. The van der Waals surface area contributed by atoms with Crippen LogP contribution in [0.4, 0.5) is 10.9 Å². The summed E-state index contributed by atoms with van der Waals surface area (Å²) in [5.74, 6) is 1.31. The van der Waals surface area contributed by atoms with E-state index in [0.29, 0.717) is 13.1 Å². The summed E-state index contributed by atoms with van der Waals surface area (Å²) in [6.07, 6.45) is 0.810. The number of anilines is 2. The lowest BCUT2D eigenvalue weighted by atomic mass is 10.1. The quantitative estimate of drug-likeness (QED) is 0.878. The molecule has 2 aromatic rings. The van der Waals surface area contributed by atoms with Crippen LogP contribution in [0.25, 0.3) is 0 Å². The first-order chi connectivity index (χ1) is 11.5. The molecule has 128 valence electrons. The SMILES string of the molecule is Cc1cc(Nc2nc(C)c(C)s2)nc(C2CCN(C(=O)CO)C2)n1. The second kappa shape index (κ2) is 6.82. The molecule has 1 unspecified atom stereocenters. The first-order valence-corrected chi connectivity index (χ1v) is 8.73. The van der Waals surface area contributed by atoms with Gasteiger partial charge < -0.3 is 15.3 Å². The van der Waals surface area contributed by atoms with Gasteiger partial charge in [-0.05, 0) is 27.2 Å². The maximum Gasteiger partial charge on any atom is 0.248 e. The fourth-order valence-electron chi connectivity index (χ4n) is 2.77. The van der Waals surface area contributed by atoms with E-state index in [1.165, 1.54) is 4.88 Å². The molecule has 24 heavy (non-hydrogen) atoms. The van der Waals surface area contributed by atoms with Crippen molar-refractivity contribution in [2.75, 3.05) is 25.0 Å². The second-order valence-electron chi connectivity index (χ2n) is 6.02. The fraction of sp³-hybridized carbons (Fsp3) is 0.500. The Morgan fingerprint density at radius 1 is 1.38 bits per heavy atom. The number of carbonyl (C=O) groups is 1. The van der Waals surface area contributed by atoms with Crippen molar-refractivity contribution in [2.24, 2.45) is 0 Å². The van der Waals surface area contributed by atoms with E-state index in [0.717, 1.165) is 34.6 Å². The molecule has 7 nitrogen and oxygen atoms in total. The van der Waals surface area contributed by atoms with Crippen LogP contribution in [-0.2, 0) is 4.79 Å². The lowest BCUT2D eigenvalue weighted by molar-refractivity contribution is -0.133. The Kier molecular flexibility index (Phi) is 4.77. The summed E-state index contributed by atoms with van der Waals surface area (Å²) in [6.45, 7) is 6.70. The third-order valence-electron chi connectivity index (χ3n) is 4.18. The van der Waals surface area contributed by atoms with Crippen LogP contribution in [-0.4, -0.2) is 50.6 Å². The summed E-state index contributed by atoms with van der Waals surface area (Å²) >= 11 is 1.60. The highest BCUT2D eigenvalue weighted by Crippen LogP contribution is 2.28. The lowest BCUT2D eigenvalue weighted by Gasteiger charge is -2.15. The Hall–Kier alpha value is -2.06. The number of nitrogens with one attached hydrogen (secondary N) is 1. The molecule has 8 heteroatoms. The molecule has 0 aromatic carbocycles. The van der Waals surface area contributed by atoms with Crippen molar-refractivity contribution >= 4 is 28.2 Å². The van der Waals surface area contributed by atoms with E-state index in [2.05, 4.69) is 20.3 Å². The van der Waals surface area contributed by atoms with E-state index < -0.39 is 6.61 Å². The second-order valence-corrected chi connectivity index (χ2v) is 7.23. The summed E-state index contributed by atoms with van der Waals surface area (Å²) in [7, 11) is 0. The van der Waals surface area contributed by atoms with Gasteiger partial charge in [-0.1, -0.05) is 0 Å². The van der Waals surface area contributed by atoms with Gasteiger partial charge in [-0.3, -0.25) is 4.79 Å². The number of hydrogen-bond acceptors (Lipinski definition) is 7. The van der Waals surface area contributed by atoms with Gasteiger partial charge in [-0.15, -0.1) is 11.3 Å². The number of amides is 1. The fourth-order valence-corrected chi connectivity index (χ4v) is 3.59. The van der Waals surface area contributed by atoms with Gasteiger partial charge in [-0.25, -0.2) is 15.0 Å². The van der Waals surface area contributed by atoms with Crippen LogP contribution in [0.2, 0.25) is 0 Å². The summed E-state index contributed by atoms with van der Waals surface area (Å²) < 4.78 is 0. The van der Waals surface area contributed by atoms with Crippen LogP contribution < -0.4 is 5.32 Å². The topological polar surface area (TPSA) is 91.2 Å². The summed E-state index contributed by atoms with van der Waals surface area (Å²) in [5.41, 5.74) is 1.89. The van der Waals surface area contributed by atoms with E-state index in [4.69, 9.17) is 5.11 Å². The minimum Gasteiger partial charge on any atom is -0.387 e. The number of aromatic nitrogens is 3. The Morgan fingerprint density at radius 2 is 2.17 bits per heavy atom. The van der Waals surface area contributed by atoms with E-state index >= 15 is 0 Å². The molecule has 1 saturated heterocycles. The van der Waals surface area contributed by atoms with Gasteiger partial charge in [-0.2, -0.15) is 0 Å². The van der Waals surface area contributed by atoms with Crippen molar-refractivity contribution in [3.63, 3.8) is 0 Å². The zero-order valence-electron chi connectivity index (χ0n) is 14.0. The molecule has 0 bridgehead atoms. The minimum absolute atomic E-state index is 0.0979. The average Bonchev–Trinajstić information content (AvgIpc) is 3.14. The molecule has 3 heterocycles. The van der Waals surface area contributed by atoms with Crippen molar-refractivity contribution in [1.82, 2.24) is 19.9 Å². The zero-order chi connectivity index (χ0) is 17.3. The summed E-state index contributed by atoms with van der Waals surface area (Å²) in [4.78, 5) is 28.1. The van der Waals surface area contributed by atoms with Crippen LogP contribution in [0.5, 0.6) is 0 Å². The van der Waals surface area contributed by atoms with Crippen LogP contribution in [0.3, 0.4) is 0 Å². The third-order valence-corrected chi connectivity index (χ3v) is 5.16. The van der Waals surface area contributed by atoms with Crippen molar-refractivity contribution in [1.29, 1.82) is 0 Å². The molecule has 3 rings (SSSR count). The van der Waals surface area contributed by atoms with Crippen LogP contribution in [0, 0.1) is 20.8 Å². The normalized spacial score (nSPS) is 17.3. The van der Waals surface area contributed by atoms with Crippen molar-refractivity contribution in [2.45, 2.75) is 33.1 Å². The molecule has 1 fully saturated rings. The van der Waals surface area contributed by atoms with E-state index in [9.17, 15) is 4.79 Å². The predicted octanol–water partition coefficient (Wildman–Crippen LogP) is 1.91. The number of carbonyl (C=O) groups excluding carboxylic acids is 1. The molecule has 0 spiro atoms.